The summed E-state index contributed by atoms with van der Waals surface area (Å²) in [6.07, 6.45) is -19.5. The standard InChI is InChI=1S/C46H66O20/c1-17-27(63-30-10-9-26(48)19(3)59-30)13-24-11-23-12-25(43(58-8)42(55)37(50)18(2)47)44(41(54)35(23)40(53)34(24)36(17)49)66-32-15-28(38(51)21(5)61-32)64-31-14-29(39(52)20(4)60-31)65-33-16-46(7,57)45(56)22(6)62-33/h11,13,18-22,25-26,28-33,37-39,43-45,47-53,56-57H,9-10,12,14-16H2,1-8H3/t18-,19?,20?,21?,22?,25+,26+,28-,29?,30+,31+,32+,33+,37+,38-,39+,43+,44+,45-,46?/m1/s1. The molecule has 5 aliphatic rings. The lowest BCUT2D eigenvalue weighted by Crippen LogP contribution is -2.58. The zero-order valence-electron chi connectivity index (χ0n) is 38.4. The Kier molecular flexibility index (Phi) is 15.4. The minimum atomic E-state index is -1.90. The third kappa shape index (κ3) is 10.1. The van der Waals surface area contributed by atoms with E-state index in [0.717, 1.165) is 0 Å². The van der Waals surface area contributed by atoms with Crippen LogP contribution in [0, 0.1) is 12.8 Å². The highest BCUT2D eigenvalue weighted by Gasteiger charge is 2.51. The third-order valence-corrected chi connectivity index (χ3v) is 13.8. The van der Waals surface area contributed by atoms with Crippen molar-refractivity contribution >= 4 is 22.3 Å². The van der Waals surface area contributed by atoms with E-state index in [4.69, 9.17) is 42.6 Å². The maximum atomic E-state index is 14.8. The maximum Gasteiger partial charge on any atom is 0.200 e. The lowest BCUT2D eigenvalue weighted by atomic mass is 9.75. The van der Waals surface area contributed by atoms with Crippen LogP contribution in [-0.2, 0) is 49.1 Å². The number of phenols is 2. The second-order valence-electron chi connectivity index (χ2n) is 18.9. The van der Waals surface area contributed by atoms with E-state index in [1.807, 2.05) is 0 Å². The summed E-state index contributed by atoms with van der Waals surface area (Å²) < 4.78 is 54.2. The highest BCUT2D eigenvalue weighted by atomic mass is 16.7. The predicted molar refractivity (Wildman–Crippen MR) is 227 cm³/mol. The van der Waals surface area contributed by atoms with Gasteiger partial charge in [0.05, 0.1) is 65.4 Å². The summed E-state index contributed by atoms with van der Waals surface area (Å²) in [5.41, 5.74) is -1.23. The van der Waals surface area contributed by atoms with E-state index in [2.05, 4.69) is 0 Å². The zero-order chi connectivity index (χ0) is 48.3. The van der Waals surface area contributed by atoms with Crippen molar-refractivity contribution in [1.82, 2.24) is 0 Å². The van der Waals surface area contributed by atoms with Crippen molar-refractivity contribution in [2.45, 2.75) is 203 Å². The average molecular weight is 939 g/mol. The number of rotatable bonds is 13. The summed E-state index contributed by atoms with van der Waals surface area (Å²) in [5.74, 6) is -3.64. The lowest BCUT2D eigenvalue weighted by molar-refractivity contribution is -0.334. The molecule has 9 N–H and O–H groups in total. The van der Waals surface area contributed by atoms with Crippen molar-refractivity contribution in [3.05, 3.63) is 28.8 Å². The number of phenolic OH excluding ortho intramolecular Hbond substituents is 2. The minimum Gasteiger partial charge on any atom is -0.507 e. The Hall–Kier alpha value is -3.16. The molecule has 20 nitrogen and oxygen atoms in total. The van der Waals surface area contributed by atoms with Crippen molar-refractivity contribution < 1.29 is 98.2 Å². The van der Waals surface area contributed by atoms with Crippen LogP contribution in [0.15, 0.2) is 12.1 Å². The number of fused-ring (bicyclic) bond motifs is 2. The predicted octanol–water partition coefficient (Wildman–Crippen LogP) is 0.899. The van der Waals surface area contributed by atoms with Crippen LogP contribution in [0.5, 0.6) is 17.2 Å². The van der Waals surface area contributed by atoms with Gasteiger partial charge >= 0.3 is 0 Å². The Bertz CT molecular complexity index is 2060. The molecule has 4 aliphatic heterocycles. The van der Waals surface area contributed by atoms with E-state index in [1.54, 1.807) is 46.8 Å². The van der Waals surface area contributed by atoms with E-state index in [-0.39, 0.29) is 64.6 Å². The van der Waals surface area contributed by atoms with Crippen molar-refractivity contribution in [2.24, 2.45) is 5.92 Å². The Morgan fingerprint density at radius 2 is 1.38 bits per heavy atom. The van der Waals surface area contributed by atoms with Crippen LogP contribution in [-0.4, -0.2) is 181 Å². The van der Waals surface area contributed by atoms with Gasteiger partial charge in [0.15, 0.2) is 36.7 Å². The molecular formula is C46H66O20. The first-order chi connectivity index (χ1) is 31.0. The number of carbonyl (C=O) groups excluding carboxylic acids is 2. The molecule has 0 aromatic heterocycles. The third-order valence-electron chi connectivity index (χ3n) is 13.8. The number of aliphatic hydroxyl groups excluding tert-OH is 6. The number of methoxy groups -OCH3 is 1. The van der Waals surface area contributed by atoms with Gasteiger partial charge in [-0.1, -0.05) is 0 Å². The fourth-order valence-corrected chi connectivity index (χ4v) is 9.84. The normalized spacial score (nSPS) is 40.1. The van der Waals surface area contributed by atoms with Gasteiger partial charge in [-0.3, -0.25) is 9.59 Å². The number of hydrogen-bond acceptors (Lipinski definition) is 20. The van der Waals surface area contributed by atoms with Gasteiger partial charge in [-0.05, 0) is 84.4 Å². The van der Waals surface area contributed by atoms with Crippen molar-refractivity contribution in [1.29, 1.82) is 0 Å². The molecule has 0 spiro atoms. The first-order valence-electron chi connectivity index (χ1n) is 22.7. The zero-order valence-corrected chi connectivity index (χ0v) is 38.4. The van der Waals surface area contributed by atoms with Gasteiger partial charge in [-0.25, -0.2) is 0 Å². The van der Waals surface area contributed by atoms with Gasteiger partial charge in [0.2, 0.25) is 0 Å². The molecule has 2 aromatic rings. The summed E-state index contributed by atoms with van der Waals surface area (Å²) in [7, 11) is 1.20. The molecule has 4 fully saturated rings. The van der Waals surface area contributed by atoms with Crippen LogP contribution in [0.2, 0.25) is 0 Å². The number of hydrogen-bond donors (Lipinski definition) is 9. The molecule has 0 saturated carbocycles. The summed E-state index contributed by atoms with van der Waals surface area (Å²) in [6, 6.07) is 3.15. The number of Topliss-reactive ketones (excluding diaryl/α,β-unsaturated/α-hetero) is 2. The number of aliphatic hydroxyl groups is 7. The largest absolute Gasteiger partial charge is 0.507 e. The molecule has 370 valence electrons. The minimum absolute atomic E-state index is 0.0392. The first-order valence-corrected chi connectivity index (χ1v) is 22.7. The molecule has 2 aromatic carbocycles. The molecule has 0 radical (unpaired) electrons. The Labute approximate surface area is 382 Å². The van der Waals surface area contributed by atoms with Gasteiger partial charge in [0, 0.05) is 44.3 Å². The number of benzene rings is 2. The SMILES string of the molecule is CO[C@H](C(=O)[C@@H](O)[C@@H](C)O)[C@@H]1Cc2cc3cc(O[C@H]4CC[C@H](O)C(C)O4)c(C)c(O)c3c(O)c2C(=O)[C@H]1O[C@H]1C[C@@H](O[C@H]2CC(O[C@H]3CC(C)(O)[C@H](O)C(C)O3)[C@@H](O)C(C)O2)[C@H](O)C(C)O1. The molecule has 0 amide bonds. The van der Waals surface area contributed by atoms with Crippen molar-refractivity contribution in [3.63, 3.8) is 0 Å². The van der Waals surface area contributed by atoms with Gasteiger partial charge in [0.25, 0.3) is 0 Å². The van der Waals surface area contributed by atoms with Gasteiger partial charge < -0.3 is 88.6 Å². The number of aromatic hydroxyl groups is 2. The van der Waals surface area contributed by atoms with Crippen LogP contribution >= 0.6 is 0 Å². The second kappa shape index (κ2) is 20.1. The smallest absolute Gasteiger partial charge is 0.200 e. The maximum absolute atomic E-state index is 14.8. The topological polar surface area (TPSA) is 299 Å². The van der Waals surface area contributed by atoms with Crippen molar-refractivity contribution in [3.8, 4) is 17.2 Å². The fraction of sp³-hybridized carbons (Fsp3) is 0.739. The second-order valence-corrected chi connectivity index (χ2v) is 18.9. The van der Waals surface area contributed by atoms with E-state index in [1.165, 1.54) is 21.0 Å². The number of carbonyl (C=O) groups is 2. The van der Waals surface area contributed by atoms with Crippen LogP contribution in [0.1, 0.15) is 95.1 Å². The number of ether oxygens (including phenoxy) is 9. The van der Waals surface area contributed by atoms with Crippen LogP contribution in [0.3, 0.4) is 0 Å². The summed E-state index contributed by atoms with van der Waals surface area (Å²) in [5, 5.41) is 98.2. The first kappa shape index (κ1) is 50.7. The fourth-order valence-electron chi connectivity index (χ4n) is 9.84. The summed E-state index contributed by atoms with van der Waals surface area (Å²) in [4.78, 5) is 28.6. The van der Waals surface area contributed by atoms with Gasteiger partial charge in [0.1, 0.15) is 53.9 Å². The Balaban J connectivity index is 1.15. The van der Waals surface area contributed by atoms with Gasteiger partial charge in [-0.15, -0.1) is 0 Å². The van der Waals surface area contributed by atoms with Crippen LogP contribution < -0.4 is 4.74 Å². The van der Waals surface area contributed by atoms with E-state index in [9.17, 15) is 55.5 Å². The quantitative estimate of drug-likeness (QED) is 0.135. The molecule has 20 atom stereocenters. The molecule has 6 unspecified atom stereocenters. The molecule has 7 rings (SSSR count). The van der Waals surface area contributed by atoms with E-state index >= 15 is 0 Å². The molecule has 4 saturated heterocycles. The Morgan fingerprint density at radius 3 is 1.95 bits per heavy atom. The molecule has 1 aliphatic carbocycles. The van der Waals surface area contributed by atoms with Crippen LogP contribution in [0.25, 0.3) is 10.8 Å². The van der Waals surface area contributed by atoms with Crippen molar-refractivity contribution in [2.75, 3.05) is 7.11 Å². The highest BCUT2D eigenvalue weighted by molar-refractivity contribution is 6.11. The van der Waals surface area contributed by atoms with E-state index < -0.39 is 139 Å². The monoisotopic (exact) mass is 938 g/mol. The molecule has 20 heteroatoms. The summed E-state index contributed by atoms with van der Waals surface area (Å²) >= 11 is 0. The van der Waals surface area contributed by atoms with Gasteiger partial charge in [-0.2, -0.15) is 0 Å². The van der Waals surface area contributed by atoms with E-state index in [0.29, 0.717) is 12.8 Å². The molecule has 66 heavy (non-hydrogen) atoms. The number of ketones is 2. The van der Waals surface area contributed by atoms with Crippen LogP contribution in [0.4, 0.5) is 0 Å². The molecular weight excluding hydrogens is 872 g/mol. The average Bonchev–Trinajstić information content (AvgIpc) is 3.24. The molecule has 4 heterocycles. The lowest BCUT2D eigenvalue weighted by Gasteiger charge is -2.46. The highest BCUT2D eigenvalue weighted by Crippen LogP contribution is 2.47. The summed E-state index contributed by atoms with van der Waals surface area (Å²) in [6.45, 7) is 10.7. The Morgan fingerprint density at radius 1 is 0.803 bits per heavy atom. The molecule has 0 bridgehead atoms.